The van der Waals surface area contributed by atoms with Crippen LogP contribution in [0, 0.1) is 0 Å². The molecule has 24 heavy (non-hydrogen) atoms. The van der Waals surface area contributed by atoms with Gasteiger partial charge in [0.1, 0.15) is 17.3 Å². The first kappa shape index (κ1) is 16.3. The molecule has 1 aromatic heterocycles. The van der Waals surface area contributed by atoms with Crippen LogP contribution in [0.3, 0.4) is 0 Å². The molecule has 1 N–H and O–H groups in total. The Morgan fingerprint density at radius 1 is 1.04 bits per heavy atom. The van der Waals surface area contributed by atoms with Gasteiger partial charge in [-0.15, -0.1) is 0 Å². The summed E-state index contributed by atoms with van der Waals surface area (Å²) in [5, 5.41) is 0.546. The fourth-order valence-corrected chi connectivity index (χ4v) is 2.67. The Balaban J connectivity index is 1.99. The van der Waals surface area contributed by atoms with Crippen LogP contribution in [-0.4, -0.2) is 24.2 Å². The van der Waals surface area contributed by atoms with Crippen LogP contribution in [0.1, 0.15) is 11.4 Å². The first-order chi connectivity index (χ1) is 11.6. The first-order valence-electron chi connectivity index (χ1n) is 7.20. The van der Waals surface area contributed by atoms with E-state index in [-0.39, 0.29) is 5.56 Å². The van der Waals surface area contributed by atoms with Gasteiger partial charge in [-0.25, -0.2) is 4.98 Å². The van der Waals surface area contributed by atoms with Gasteiger partial charge in [0.05, 0.1) is 25.1 Å². The fraction of sp³-hybridized carbons (Fsp3) is 0.111. The minimum absolute atomic E-state index is 0.177. The van der Waals surface area contributed by atoms with Crippen molar-refractivity contribution in [1.29, 1.82) is 0 Å². The molecular formula is C18H15BrN2O3. The fourth-order valence-electron chi connectivity index (χ4n) is 2.31. The lowest BCUT2D eigenvalue weighted by atomic mass is 10.2. The second-order valence-electron chi connectivity index (χ2n) is 5.09. The zero-order chi connectivity index (χ0) is 17.1. The molecule has 0 aliphatic rings. The number of methoxy groups -OCH3 is 2. The van der Waals surface area contributed by atoms with E-state index in [1.165, 1.54) is 0 Å². The van der Waals surface area contributed by atoms with Crippen molar-refractivity contribution in [3.05, 3.63) is 62.6 Å². The third-order valence-electron chi connectivity index (χ3n) is 3.49. The van der Waals surface area contributed by atoms with Gasteiger partial charge in [0.2, 0.25) is 0 Å². The van der Waals surface area contributed by atoms with Crippen molar-refractivity contribution < 1.29 is 9.47 Å². The Morgan fingerprint density at radius 3 is 2.42 bits per heavy atom. The summed E-state index contributed by atoms with van der Waals surface area (Å²) in [6.45, 7) is 0. The summed E-state index contributed by atoms with van der Waals surface area (Å²) in [5.74, 6) is 1.87. The molecule has 0 radical (unpaired) electrons. The van der Waals surface area contributed by atoms with Crippen molar-refractivity contribution >= 4 is 39.0 Å². The van der Waals surface area contributed by atoms with E-state index in [0.29, 0.717) is 28.2 Å². The lowest BCUT2D eigenvalue weighted by Crippen LogP contribution is -2.09. The van der Waals surface area contributed by atoms with E-state index in [9.17, 15) is 4.79 Å². The minimum atomic E-state index is -0.177. The van der Waals surface area contributed by atoms with Crippen molar-refractivity contribution in [2.45, 2.75) is 0 Å². The Morgan fingerprint density at radius 2 is 1.75 bits per heavy atom. The molecule has 0 aliphatic carbocycles. The number of fused-ring (bicyclic) bond motifs is 1. The number of rotatable bonds is 4. The molecule has 3 rings (SSSR count). The third kappa shape index (κ3) is 3.49. The standard InChI is InChI=1S/C18H15BrN2O3/c1-23-13-7-11(8-14(10-13)24-2)3-6-17-20-16-5-4-12(19)9-15(16)18(22)21-17/h3-10H,1-2H3,(H,20,21,22). The van der Waals surface area contributed by atoms with Crippen LogP contribution < -0.4 is 15.0 Å². The number of benzene rings is 2. The van der Waals surface area contributed by atoms with Crippen LogP contribution in [0.25, 0.3) is 23.1 Å². The van der Waals surface area contributed by atoms with E-state index in [0.717, 1.165) is 10.0 Å². The van der Waals surface area contributed by atoms with Gasteiger partial charge in [-0.3, -0.25) is 4.79 Å². The van der Waals surface area contributed by atoms with Gasteiger partial charge in [0.15, 0.2) is 0 Å². The second-order valence-corrected chi connectivity index (χ2v) is 6.01. The van der Waals surface area contributed by atoms with Gasteiger partial charge in [-0.2, -0.15) is 0 Å². The largest absolute Gasteiger partial charge is 0.497 e. The molecule has 122 valence electrons. The van der Waals surface area contributed by atoms with E-state index in [4.69, 9.17) is 9.47 Å². The average Bonchev–Trinajstić information content (AvgIpc) is 2.60. The SMILES string of the molecule is COc1cc(C=Cc2nc3ccc(Br)cc3c(=O)[nH]2)cc(OC)c1. The summed E-state index contributed by atoms with van der Waals surface area (Å²) < 4.78 is 11.3. The monoisotopic (exact) mass is 386 g/mol. The summed E-state index contributed by atoms with van der Waals surface area (Å²) in [6, 6.07) is 11.0. The number of aromatic amines is 1. The number of aromatic nitrogens is 2. The summed E-state index contributed by atoms with van der Waals surface area (Å²) in [4.78, 5) is 19.4. The molecule has 0 bridgehead atoms. The maximum absolute atomic E-state index is 12.2. The maximum atomic E-state index is 12.2. The Bertz CT molecular complexity index is 957. The normalized spacial score (nSPS) is 11.1. The molecule has 0 saturated heterocycles. The second kappa shape index (κ2) is 6.88. The smallest absolute Gasteiger partial charge is 0.259 e. The van der Waals surface area contributed by atoms with Gasteiger partial charge in [-0.1, -0.05) is 22.0 Å². The predicted octanol–water partition coefficient (Wildman–Crippen LogP) is 3.87. The molecule has 6 heteroatoms. The lowest BCUT2D eigenvalue weighted by Gasteiger charge is -2.05. The van der Waals surface area contributed by atoms with E-state index in [2.05, 4.69) is 25.9 Å². The summed E-state index contributed by atoms with van der Waals surface area (Å²) in [5.41, 5.74) is 1.35. The summed E-state index contributed by atoms with van der Waals surface area (Å²) in [7, 11) is 3.20. The van der Waals surface area contributed by atoms with Gasteiger partial charge in [0, 0.05) is 10.5 Å². The summed E-state index contributed by atoms with van der Waals surface area (Å²) >= 11 is 3.36. The van der Waals surface area contributed by atoms with Gasteiger partial charge < -0.3 is 14.5 Å². The van der Waals surface area contributed by atoms with Crippen molar-refractivity contribution in [1.82, 2.24) is 9.97 Å². The molecule has 3 aromatic rings. The topological polar surface area (TPSA) is 64.2 Å². The summed E-state index contributed by atoms with van der Waals surface area (Å²) in [6.07, 6.45) is 3.59. The molecule has 2 aromatic carbocycles. The van der Waals surface area contributed by atoms with Gasteiger partial charge in [-0.05, 0) is 42.0 Å². The number of H-pyrrole nitrogens is 1. The zero-order valence-corrected chi connectivity index (χ0v) is 14.8. The van der Waals surface area contributed by atoms with Crippen molar-refractivity contribution in [2.24, 2.45) is 0 Å². The zero-order valence-electron chi connectivity index (χ0n) is 13.2. The molecule has 0 fully saturated rings. The average molecular weight is 387 g/mol. The Labute approximate surface area is 147 Å². The van der Waals surface area contributed by atoms with Gasteiger partial charge >= 0.3 is 0 Å². The molecule has 0 unspecified atom stereocenters. The minimum Gasteiger partial charge on any atom is -0.497 e. The number of nitrogens with zero attached hydrogens (tertiary/aromatic N) is 1. The van der Waals surface area contributed by atoms with Crippen LogP contribution in [0.2, 0.25) is 0 Å². The number of halogens is 1. The Kier molecular flexibility index (Phi) is 4.66. The van der Waals surface area contributed by atoms with Crippen molar-refractivity contribution in [2.75, 3.05) is 14.2 Å². The van der Waals surface area contributed by atoms with E-state index >= 15 is 0 Å². The highest BCUT2D eigenvalue weighted by molar-refractivity contribution is 9.10. The number of hydrogen-bond donors (Lipinski definition) is 1. The van der Waals surface area contributed by atoms with E-state index in [1.54, 1.807) is 38.5 Å². The lowest BCUT2D eigenvalue weighted by molar-refractivity contribution is 0.394. The maximum Gasteiger partial charge on any atom is 0.259 e. The third-order valence-corrected chi connectivity index (χ3v) is 3.99. The van der Waals surface area contributed by atoms with E-state index < -0.39 is 0 Å². The van der Waals surface area contributed by atoms with Crippen molar-refractivity contribution in [3.8, 4) is 11.5 Å². The van der Waals surface area contributed by atoms with Crippen LogP contribution >= 0.6 is 15.9 Å². The highest BCUT2D eigenvalue weighted by atomic mass is 79.9. The highest BCUT2D eigenvalue weighted by Gasteiger charge is 2.03. The number of nitrogens with one attached hydrogen (secondary N) is 1. The first-order valence-corrected chi connectivity index (χ1v) is 7.99. The van der Waals surface area contributed by atoms with Crippen LogP contribution in [0.5, 0.6) is 11.5 Å². The molecule has 0 spiro atoms. The number of ether oxygens (including phenoxy) is 2. The number of hydrogen-bond acceptors (Lipinski definition) is 4. The predicted molar refractivity (Wildman–Crippen MR) is 98.5 cm³/mol. The van der Waals surface area contributed by atoms with Crippen LogP contribution in [-0.2, 0) is 0 Å². The van der Waals surface area contributed by atoms with Gasteiger partial charge in [0.25, 0.3) is 5.56 Å². The molecule has 0 saturated carbocycles. The van der Waals surface area contributed by atoms with Crippen LogP contribution in [0.4, 0.5) is 0 Å². The molecular weight excluding hydrogens is 372 g/mol. The quantitative estimate of drug-likeness (QED) is 0.738. The molecule has 5 nitrogen and oxygen atoms in total. The highest BCUT2D eigenvalue weighted by Crippen LogP contribution is 2.23. The van der Waals surface area contributed by atoms with Crippen molar-refractivity contribution in [3.63, 3.8) is 0 Å². The molecule has 1 heterocycles. The van der Waals surface area contributed by atoms with E-state index in [1.807, 2.05) is 24.3 Å². The molecule has 0 atom stereocenters. The molecule has 0 amide bonds. The Hall–Kier alpha value is -2.60. The molecule has 0 aliphatic heterocycles. The van der Waals surface area contributed by atoms with Crippen LogP contribution in [0.15, 0.2) is 45.7 Å².